The zero-order chi connectivity index (χ0) is 27.6. The molecule has 0 fully saturated rings. The van der Waals surface area contributed by atoms with Gasteiger partial charge in [-0.25, -0.2) is 0 Å². The van der Waals surface area contributed by atoms with Gasteiger partial charge in [-0.15, -0.1) is 22.7 Å². The van der Waals surface area contributed by atoms with Crippen molar-refractivity contribution in [2.45, 2.75) is 0 Å². The summed E-state index contributed by atoms with van der Waals surface area (Å²) in [7, 11) is 6.82. The van der Waals surface area contributed by atoms with E-state index in [9.17, 15) is 0 Å². The number of rotatable bonds is 8. The van der Waals surface area contributed by atoms with Crippen LogP contribution in [-0.4, -0.2) is 28.4 Å². The highest BCUT2D eigenvalue weighted by Gasteiger charge is 2.29. The Hall–Kier alpha value is -4.26. The summed E-state index contributed by atoms with van der Waals surface area (Å²) >= 11 is 3.53. The molecule has 0 amide bonds. The predicted molar refractivity (Wildman–Crippen MR) is 168 cm³/mol. The topological polar surface area (TPSA) is 36.9 Å². The van der Waals surface area contributed by atoms with Crippen molar-refractivity contribution in [1.82, 2.24) is 0 Å². The van der Waals surface area contributed by atoms with Gasteiger partial charge in [0.25, 0.3) is 0 Å². The fourth-order valence-corrected chi connectivity index (χ4v) is 8.24. The molecular formula is C34H28O4S2. The molecule has 0 radical (unpaired) electrons. The largest absolute Gasteiger partial charge is 0.496 e. The Kier molecular flexibility index (Phi) is 7.20. The molecule has 0 aliphatic heterocycles. The van der Waals surface area contributed by atoms with Gasteiger partial charge in [-0.05, 0) is 35.4 Å². The van der Waals surface area contributed by atoms with E-state index in [1.165, 1.54) is 9.40 Å². The number of methoxy groups -OCH3 is 4. The van der Waals surface area contributed by atoms with Gasteiger partial charge >= 0.3 is 0 Å². The normalized spacial score (nSPS) is 11.0. The van der Waals surface area contributed by atoms with E-state index in [1.54, 1.807) is 51.1 Å². The van der Waals surface area contributed by atoms with Crippen molar-refractivity contribution in [2.75, 3.05) is 28.4 Å². The van der Waals surface area contributed by atoms with Crippen molar-refractivity contribution >= 4 is 32.1 Å². The molecule has 0 saturated heterocycles. The fraction of sp³-hybridized carbons (Fsp3) is 0.118. The van der Waals surface area contributed by atoms with Crippen LogP contribution in [0, 0.1) is 0 Å². The molecule has 0 bridgehead atoms. The molecule has 4 nitrogen and oxygen atoms in total. The Balaban J connectivity index is 1.78. The van der Waals surface area contributed by atoms with Crippen LogP contribution in [-0.2, 0) is 0 Å². The van der Waals surface area contributed by atoms with Gasteiger partial charge in [0.15, 0.2) is 0 Å². The van der Waals surface area contributed by atoms with Crippen LogP contribution in [0.5, 0.6) is 23.0 Å². The highest BCUT2D eigenvalue weighted by molar-refractivity contribution is 7.33. The Labute approximate surface area is 242 Å². The Morgan fingerprint density at radius 3 is 1.00 bits per heavy atom. The summed E-state index contributed by atoms with van der Waals surface area (Å²) in [5.41, 5.74) is 6.49. The average molecular weight is 565 g/mol. The van der Waals surface area contributed by atoms with Gasteiger partial charge in [-0.3, -0.25) is 0 Å². The molecule has 2 heterocycles. The first-order chi connectivity index (χ1) is 19.7. The maximum Gasteiger partial charge on any atom is 0.131 e. The van der Waals surface area contributed by atoms with Crippen LogP contribution in [0.2, 0.25) is 0 Å². The van der Waals surface area contributed by atoms with E-state index in [2.05, 4.69) is 48.5 Å². The minimum absolute atomic E-state index is 0.776. The van der Waals surface area contributed by atoms with Gasteiger partial charge in [-0.1, -0.05) is 72.8 Å². The zero-order valence-electron chi connectivity index (χ0n) is 22.7. The second kappa shape index (κ2) is 11.1. The minimum Gasteiger partial charge on any atom is -0.496 e. The van der Waals surface area contributed by atoms with Crippen molar-refractivity contribution in [3.8, 4) is 66.1 Å². The molecule has 0 saturated carbocycles. The van der Waals surface area contributed by atoms with Gasteiger partial charge in [-0.2, -0.15) is 0 Å². The fourth-order valence-electron chi connectivity index (χ4n) is 5.17. The minimum atomic E-state index is 0.776. The van der Waals surface area contributed by atoms with Crippen LogP contribution in [0.25, 0.3) is 52.5 Å². The Morgan fingerprint density at radius 1 is 0.375 bits per heavy atom. The highest BCUT2D eigenvalue weighted by Crippen LogP contribution is 2.59. The van der Waals surface area contributed by atoms with Crippen molar-refractivity contribution in [3.63, 3.8) is 0 Å². The number of benzene rings is 4. The molecule has 0 N–H and O–H groups in total. The molecular weight excluding hydrogens is 537 g/mol. The standard InChI is InChI=1S/C34H28O4S2/c1-35-23-17-11-18-24(36-2)29(23)31-27(21-13-7-5-8-14-21)33-34(39-31)28(22-15-9-6-10-16-22)32(40-33)30-25(37-3)19-12-20-26(30)38-4/h5-20H,1-4H3. The van der Waals surface area contributed by atoms with Crippen LogP contribution in [0.4, 0.5) is 0 Å². The van der Waals surface area contributed by atoms with E-state index in [4.69, 9.17) is 18.9 Å². The van der Waals surface area contributed by atoms with E-state index in [0.29, 0.717) is 0 Å². The molecule has 0 aliphatic carbocycles. The lowest BCUT2D eigenvalue weighted by Gasteiger charge is -2.15. The van der Waals surface area contributed by atoms with Gasteiger partial charge < -0.3 is 18.9 Å². The van der Waals surface area contributed by atoms with E-state index < -0.39 is 0 Å². The quantitative estimate of drug-likeness (QED) is 0.184. The van der Waals surface area contributed by atoms with Crippen molar-refractivity contribution in [2.24, 2.45) is 0 Å². The zero-order valence-corrected chi connectivity index (χ0v) is 24.3. The second-order valence-corrected chi connectivity index (χ2v) is 11.1. The van der Waals surface area contributed by atoms with Crippen LogP contribution < -0.4 is 18.9 Å². The van der Waals surface area contributed by atoms with Gasteiger partial charge in [0.05, 0.1) is 58.7 Å². The third-order valence-corrected chi connectivity index (χ3v) is 9.54. The summed E-state index contributed by atoms with van der Waals surface area (Å²) in [5, 5.41) is 0. The van der Waals surface area contributed by atoms with E-state index in [-0.39, 0.29) is 0 Å². The van der Waals surface area contributed by atoms with E-state index in [1.807, 2.05) is 48.5 Å². The predicted octanol–water partition coefficient (Wildman–Crippen LogP) is 9.67. The third kappa shape index (κ3) is 4.30. The van der Waals surface area contributed by atoms with Crippen molar-refractivity contribution < 1.29 is 18.9 Å². The Bertz CT molecular complexity index is 1610. The summed E-state index contributed by atoms with van der Waals surface area (Å²) in [6.45, 7) is 0. The Morgan fingerprint density at radius 2 is 0.700 bits per heavy atom. The first kappa shape index (κ1) is 26.0. The summed E-state index contributed by atoms with van der Waals surface area (Å²) in [6.07, 6.45) is 0. The lowest BCUT2D eigenvalue weighted by molar-refractivity contribution is 0.397. The number of thiophene rings is 2. The smallest absolute Gasteiger partial charge is 0.131 e. The molecule has 0 unspecified atom stereocenters. The van der Waals surface area contributed by atoms with Crippen LogP contribution in [0.15, 0.2) is 97.1 Å². The van der Waals surface area contributed by atoms with E-state index >= 15 is 0 Å². The van der Waals surface area contributed by atoms with Gasteiger partial charge in [0, 0.05) is 11.1 Å². The number of fused-ring (bicyclic) bond motifs is 1. The molecule has 0 atom stereocenters. The summed E-state index contributed by atoms with van der Waals surface area (Å²) in [4.78, 5) is 2.22. The molecule has 200 valence electrons. The molecule has 0 spiro atoms. The van der Waals surface area contributed by atoms with Crippen molar-refractivity contribution in [3.05, 3.63) is 97.1 Å². The molecule has 6 aromatic rings. The number of ether oxygens (including phenoxy) is 4. The lowest BCUT2D eigenvalue weighted by Crippen LogP contribution is -1.93. The van der Waals surface area contributed by atoms with Gasteiger partial charge in [0.1, 0.15) is 23.0 Å². The first-order valence-electron chi connectivity index (χ1n) is 12.8. The summed E-state index contributed by atoms with van der Waals surface area (Å²) in [6, 6.07) is 33.0. The maximum absolute atomic E-state index is 5.87. The molecule has 4 aromatic carbocycles. The molecule has 6 rings (SSSR count). The third-order valence-electron chi connectivity index (χ3n) is 6.96. The summed E-state index contributed by atoms with van der Waals surface area (Å²) in [5.74, 6) is 3.10. The molecule has 2 aromatic heterocycles. The molecule has 40 heavy (non-hydrogen) atoms. The lowest BCUT2D eigenvalue weighted by atomic mass is 9.98. The van der Waals surface area contributed by atoms with Crippen LogP contribution >= 0.6 is 22.7 Å². The number of hydrogen-bond acceptors (Lipinski definition) is 6. The van der Waals surface area contributed by atoms with Crippen LogP contribution in [0.3, 0.4) is 0 Å². The number of hydrogen-bond donors (Lipinski definition) is 0. The summed E-state index contributed by atoms with van der Waals surface area (Å²) < 4.78 is 25.9. The monoisotopic (exact) mass is 564 g/mol. The molecule has 0 aliphatic rings. The molecule has 6 heteroatoms. The van der Waals surface area contributed by atoms with Crippen molar-refractivity contribution in [1.29, 1.82) is 0 Å². The van der Waals surface area contributed by atoms with E-state index in [0.717, 1.165) is 66.1 Å². The highest BCUT2D eigenvalue weighted by atomic mass is 32.1. The van der Waals surface area contributed by atoms with Gasteiger partial charge in [0.2, 0.25) is 0 Å². The maximum atomic E-state index is 5.87. The second-order valence-electron chi connectivity index (χ2n) is 9.08. The first-order valence-corrected chi connectivity index (χ1v) is 14.5. The SMILES string of the molecule is COc1cccc(OC)c1-c1sc2c(-c3ccccc3)c(-c3c(OC)cccc3OC)sc2c1-c1ccccc1. The average Bonchev–Trinajstić information content (AvgIpc) is 3.56. The van der Waals surface area contributed by atoms with Crippen LogP contribution in [0.1, 0.15) is 0 Å².